The van der Waals surface area contributed by atoms with Crippen molar-refractivity contribution in [3.05, 3.63) is 51.4 Å². The third-order valence-electron chi connectivity index (χ3n) is 4.36. The van der Waals surface area contributed by atoms with Crippen LogP contribution >= 0.6 is 0 Å². The number of fused-ring (bicyclic) bond motifs is 2. The lowest BCUT2D eigenvalue weighted by Crippen LogP contribution is -2.31. The van der Waals surface area contributed by atoms with E-state index < -0.39 is 5.97 Å². The lowest BCUT2D eigenvalue weighted by molar-refractivity contribution is 0.0523. The van der Waals surface area contributed by atoms with Gasteiger partial charge in [0.1, 0.15) is 22.3 Å². The van der Waals surface area contributed by atoms with Gasteiger partial charge in [-0.3, -0.25) is 14.6 Å². The Kier molecular flexibility index (Phi) is 5.36. The number of hydrogen-bond donors (Lipinski definition) is 1. The van der Waals surface area contributed by atoms with E-state index in [2.05, 4.69) is 4.98 Å². The lowest BCUT2D eigenvalue weighted by atomic mass is 10.2. The molecule has 0 amide bonds. The Morgan fingerprint density at radius 2 is 2.11 bits per heavy atom. The van der Waals surface area contributed by atoms with Gasteiger partial charge in [-0.25, -0.2) is 9.78 Å². The van der Waals surface area contributed by atoms with Gasteiger partial charge < -0.3 is 14.0 Å². The van der Waals surface area contributed by atoms with Crippen LogP contribution in [0.5, 0.6) is 0 Å². The van der Waals surface area contributed by atoms with E-state index in [-0.39, 0.29) is 28.6 Å². The first-order valence-corrected chi connectivity index (χ1v) is 8.75. The van der Waals surface area contributed by atoms with E-state index in [1.807, 2.05) is 13.0 Å². The van der Waals surface area contributed by atoms with Crippen molar-refractivity contribution >= 4 is 22.6 Å². The van der Waals surface area contributed by atoms with Crippen LogP contribution in [0.1, 0.15) is 29.3 Å². The third-order valence-corrected chi connectivity index (χ3v) is 4.36. The Morgan fingerprint density at radius 1 is 1.33 bits per heavy atom. The summed E-state index contributed by atoms with van der Waals surface area (Å²) in [4.78, 5) is 30.0. The Labute approximate surface area is 155 Å². The number of rotatable bonds is 6. The second-order valence-corrected chi connectivity index (χ2v) is 6.16. The van der Waals surface area contributed by atoms with Crippen molar-refractivity contribution in [2.24, 2.45) is 0 Å². The molecule has 3 aromatic heterocycles. The van der Waals surface area contributed by atoms with Crippen LogP contribution in [0, 0.1) is 12.3 Å². The fourth-order valence-electron chi connectivity index (χ4n) is 3.05. The van der Waals surface area contributed by atoms with E-state index in [1.54, 1.807) is 30.9 Å². The van der Waals surface area contributed by atoms with Gasteiger partial charge in [0.2, 0.25) is 0 Å². The van der Waals surface area contributed by atoms with Gasteiger partial charge in [-0.05, 0) is 38.0 Å². The predicted molar refractivity (Wildman–Crippen MR) is 100.0 cm³/mol. The van der Waals surface area contributed by atoms with Crippen LogP contribution in [0.3, 0.4) is 0 Å². The second-order valence-electron chi connectivity index (χ2n) is 6.16. The number of nitrogens with one attached hydrogen (secondary N) is 1. The summed E-state index contributed by atoms with van der Waals surface area (Å²) in [6.45, 7) is 4.64. The first kappa shape index (κ1) is 18.8. The predicted octanol–water partition coefficient (Wildman–Crippen LogP) is 1.65. The third kappa shape index (κ3) is 3.35. The molecular formula is C19H22N4O4. The smallest absolute Gasteiger partial charge is 0.341 e. The molecule has 8 nitrogen and oxygen atoms in total. The number of aryl methyl sites for hydroxylation is 2. The van der Waals surface area contributed by atoms with Crippen LogP contribution in [0.4, 0.5) is 0 Å². The van der Waals surface area contributed by atoms with Crippen molar-refractivity contribution in [1.29, 1.82) is 5.41 Å². The number of hydrogen-bond acceptors (Lipinski definition) is 6. The number of carbonyl (C=O) groups excluding carboxylic acids is 1. The van der Waals surface area contributed by atoms with Crippen LogP contribution in [0.15, 0.2) is 29.2 Å². The van der Waals surface area contributed by atoms with Gasteiger partial charge in [0.25, 0.3) is 5.56 Å². The number of nitrogens with zero attached hydrogens (tertiary/aromatic N) is 3. The zero-order valence-corrected chi connectivity index (χ0v) is 15.6. The van der Waals surface area contributed by atoms with Gasteiger partial charge >= 0.3 is 5.97 Å². The van der Waals surface area contributed by atoms with Crippen molar-refractivity contribution < 1.29 is 14.3 Å². The molecule has 0 saturated heterocycles. The second kappa shape index (κ2) is 7.71. The largest absolute Gasteiger partial charge is 0.462 e. The number of methoxy groups -OCH3 is 1. The zero-order chi connectivity index (χ0) is 19.6. The highest BCUT2D eigenvalue weighted by molar-refractivity contribution is 5.93. The normalized spacial score (nSPS) is 11.2. The van der Waals surface area contributed by atoms with E-state index in [4.69, 9.17) is 14.9 Å². The summed E-state index contributed by atoms with van der Waals surface area (Å²) >= 11 is 0. The molecule has 0 unspecified atom stereocenters. The summed E-state index contributed by atoms with van der Waals surface area (Å²) in [5, 5.41) is 8.75. The molecule has 3 rings (SSSR count). The maximum absolute atomic E-state index is 13.0. The molecule has 0 aliphatic rings. The van der Waals surface area contributed by atoms with Gasteiger partial charge in [0, 0.05) is 26.5 Å². The Bertz CT molecular complexity index is 1130. The molecule has 0 atom stereocenters. The molecule has 0 aromatic carbocycles. The minimum atomic E-state index is -0.626. The van der Waals surface area contributed by atoms with Crippen molar-refractivity contribution in [1.82, 2.24) is 14.0 Å². The number of carbonyl (C=O) groups is 1. The molecule has 8 heteroatoms. The molecule has 3 heterocycles. The van der Waals surface area contributed by atoms with E-state index in [0.717, 1.165) is 5.56 Å². The monoisotopic (exact) mass is 370 g/mol. The topological polar surface area (TPSA) is 98.7 Å². The zero-order valence-electron chi connectivity index (χ0n) is 15.6. The number of esters is 1. The van der Waals surface area contributed by atoms with E-state index in [1.165, 1.54) is 10.5 Å². The minimum Gasteiger partial charge on any atom is -0.462 e. The highest BCUT2D eigenvalue weighted by atomic mass is 16.5. The van der Waals surface area contributed by atoms with Gasteiger partial charge in [-0.15, -0.1) is 0 Å². The van der Waals surface area contributed by atoms with Crippen LogP contribution < -0.4 is 11.0 Å². The maximum atomic E-state index is 13.0. The molecule has 0 radical (unpaired) electrons. The van der Waals surface area contributed by atoms with Crippen molar-refractivity contribution in [2.75, 3.05) is 20.3 Å². The summed E-state index contributed by atoms with van der Waals surface area (Å²) in [5.41, 5.74) is 1.49. The van der Waals surface area contributed by atoms with E-state index in [0.29, 0.717) is 30.9 Å². The summed E-state index contributed by atoms with van der Waals surface area (Å²) in [5.74, 6) is -0.626. The van der Waals surface area contributed by atoms with E-state index >= 15 is 0 Å². The molecule has 27 heavy (non-hydrogen) atoms. The summed E-state index contributed by atoms with van der Waals surface area (Å²) in [6.07, 6.45) is 2.26. The summed E-state index contributed by atoms with van der Waals surface area (Å²) < 4.78 is 13.2. The average molecular weight is 370 g/mol. The SMILES string of the molecule is CCOC(=O)c1cc2c(=O)n3cccc(C)c3nc2n(CCCOC)c1=N. The summed E-state index contributed by atoms with van der Waals surface area (Å²) in [6, 6.07) is 5.05. The Balaban J connectivity index is 2.38. The molecule has 1 N–H and O–H groups in total. The van der Waals surface area contributed by atoms with Crippen molar-refractivity contribution in [3.63, 3.8) is 0 Å². The van der Waals surface area contributed by atoms with Crippen LogP contribution in [-0.4, -0.2) is 40.2 Å². The van der Waals surface area contributed by atoms with E-state index in [9.17, 15) is 9.59 Å². The fraction of sp³-hybridized carbons (Fsp3) is 0.368. The number of aromatic nitrogens is 3. The first-order chi connectivity index (χ1) is 13.0. The quantitative estimate of drug-likeness (QED) is 0.404. The molecule has 0 spiro atoms. The molecular weight excluding hydrogens is 348 g/mol. The molecule has 0 saturated carbocycles. The Hall–Kier alpha value is -3.00. The fourth-order valence-corrected chi connectivity index (χ4v) is 3.05. The number of pyridine rings is 2. The van der Waals surface area contributed by atoms with Gasteiger partial charge in [0.05, 0.1) is 12.0 Å². The summed E-state index contributed by atoms with van der Waals surface area (Å²) in [7, 11) is 1.60. The van der Waals surface area contributed by atoms with Crippen molar-refractivity contribution in [3.8, 4) is 0 Å². The van der Waals surface area contributed by atoms with Crippen LogP contribution in [-0.2, 0) is 16.0 Å². The van der Waals surface area contributed by atoms with Crippen LogP contribution in [0.25, 0.3) is 16.7 Å². The average Bonchev–Trinajstić information content (AvgIpc) is 2.65. The van der Waals surface area contributed by atoms with Crippen LogP contribution in [0.2, 0.25) is 0 Å². The molecule has 0 bridgehead atoms. The molecule has 0 aliphatic carbocycles. The van der Waals surface area contributed by atoms with Crippen molar-refractivity contribution in [2.45, 2.75) is 26.8 Å². The molecule has 3 aromatic rings. The minimum absolute atomic E-state index is 0.0260. The highest BCUT2D eigenvalue weighted by Crippen LogP contribution is 2.13. The standard InChI is InChI=1S/C19H22N4O4/c1-4-27-19(25)13-11-14-17(22(15(13)20)9-6-10-26-3)21-16-12(2)7-5-8-23(16)18(14)24/h5,7-8,11,20H,4,6,9-10H2,1-3H3. The molecule has 0 aliphatic heterocycles. The molecule has 0 fully saturated rings. The maximum Gasteiger partial charge on any atom is 0.341 e. The highest BCUT2D eigenvalue weighted by Gasteiger charge is 2.18. The number of ether oxygens (including phenoxy) is 2. The lowest BCUT2D eigenvalue weighted by Gasteiger charge is -2.14. The van der Waals surface area contributed by atoms with Gasteiger partial charge in [-0.2, -0.15) is 0 Å². The van der Waals surface area contributed by atoms with Gasteiger partial charge in [-0.1, -0.05) is 6.07 Å². The molecule has 142 valence electrons. The first-order valence-electron chi connectivity index (χ1n) is 8.75. The Morgan fingerprint density at radius 3 is 2.81 bits per heavy atom. The van der Waals surface area contributed by atoms with Gasteiger partial charge in [0.15, 0.2) is 0 Å².